The van der Waals surface area contributed by atoms with Gasteiger partial charge >= 0.3 is 5.97 Å². The molecule has 2 rings (SSSR count). The zero-order valence-electron chi connectivity index (χ0n) is 11.3. The van der Waals surface area contributed by atoms with Gasteiger partial charge in [-0.3, -0.25) is 0 Å². The normalized spacial score (nSPS) is 16.6. The molecule has 0 aromatic carbocycles. The minimum atomic E-state index is -0.339. The van der Waals surface area contributed by atoms with Gasteiger partial charge in [-0.2, -0.15) is 0 Å². The van der Waals surface area contributed by atoms with Crippen molar-refractivity contribution in [3.05, 3.63) is 11.4 Å². The van der Waals surface area contributed by atoms with Crippen molar-refractivity contribution in [2.24, 2.45) is 0 Å². The Morgan fingerprint density at radius 2 is 2.22 bits per heavy atom. The molecule has 0 radical (unpaired) electrons. The van der Waals surface area contributed by atoms with Crippen molar-refractivity contribution in [2.75, 3.05) is 6.61 Å². The van der Waals surface area contributed by atoms with Crippen LogP contribution in [0.25, 0.3) is 0 Å². The Bertz CT molecular complexity index is 424. The number of aromatic nitrogens is 3. The lowest BCUT2D eigenvalue weighted by molar-refractivity contribution is 0.0518. The molecule has 0 bridgehead atoms. The molecule has 100 valence electrons. The van der Waals surface area contributed by atoms with Crippen LogP contribution in [-0.2, 0) is 4.74 Å². The van der Waals surface area contributed by atoms with Crippen LogP contribution in [0, 0.1) is 0 Å². The Balaban J connectivity index is 2.28. The monoisotopic (exact) mass is 251 g/mol. The van der Waals surface area contributed by atoms with Gasteiger partial charge in [0, 0.05) is 5.92 Å². The van der Waals surface area contributed by atoms with Crippen molar-refractivity contribution in [3.8, 4) is 0 Å². The van der Waals surface area contributed by atoms with Crippen LogP contribution in [-0.4, -0.2) is 27.6 Å². The maximum Gasteiger partial charge on any atom is 0.360 e. The largest absolute Gasteiger partial charge is 0.461 e. The number of esters is 1. The number of nitrogens with zero attached hydrogens (tertiary/aromatic N) is 3. The van der Waals surface area contributed by atoms with Crippen LogP contribution in [0.4, 0.5) is 0 Å². The summed E-state index contributed by atoms with van der Waals surface area (Å²) in [4.78, 5) is 11.9. The molecule has 5 heteroatoms. The molecule has 1 heterocycles. The van der Waals surface area contributed by atoms with E-state index in [1.165, 1.54) is 0 Å². The van der Waals surface area contributed by atoms with Gasteiger partial charge in [0.05, 0.1) is 18.3 Å². The summed E-state index contributed by atoms with van der Waals surface area (Å²) < 4.78 is 6.97. The molecule has 1 unspecified atom stereocenters. The quantitative estimate of drug-likeness (QED) is 0.729. The van der Waals surface area contributed by atoms with Crippen molar-refractivity contribution in [1.82, 2.24) is 15.0 Å². The van der Waals surface area contributed by atoms with Gasteiger partial charge in [-0.15, -0.1) is 5.10 Å². The summed E-state index contributed by atoms with van der Waals surface area (Å²) in [5, 5.41) is 8.20. The first kappa shape index (κ1) is 13.1. The smallest absolute Gasteiger partial charge is 0.360 e. The molecule has 0 saturated heterocycles. The Labute approximate surface area is 108 Å². The fraction of sp³-hybridized carbons (Fsp3) is 0.769. The third-order valence-corrected chi connectivity index (χ3v) is 3.29. The first-order valence-corrected chi connectivity index (χ1v) is 6.81. The number of ether oxygens (including phenoxy) is 1. The van der Waals surface area contributed by atoms with Crippen LogP contribution >= 0.6 is 0 Å². The minimum Gasteiger partial charge on any atom is -0.461 e. The van der Waals surface area contributed by atoms with Gasteiger partial charge in [-0.25, -0.2) is 9.48 Å². The number of hydrogen-bond donors (Lipinski definition) is 0. The van der Waals surface area contributed by atoms with E-state index < -0.39 is 0 Å². The average molecular weight is 251 g/mol. The molecule has 1 aliphatic carbocycles. The van der Waals surface area contributed by atoms with E-state index in [0.29, 0.717) is 24.3 Å². The van der Waals surface area contributed by atoms with Gasteiger partial charge in [-0.05, 0) is 33.1 Å². The van der Waals surface area contributed by atoms with Gasteiger partial charge in [-0.1, -0.05) is 18.6 Å². The van der Waals surface area contributed by atoms with Crippen molar-refractivity contribution in [3.63, 3.8) is 0 Å². The lowest BCUT2D eigenvalue weighted by Gasteiger charge is -2.13. The maximum absolute atomic E-state index is 11.9. The van der Waals surface area contributed by atoms with Crippen LogP contribution in [0.2, 0.25) is 0 Å². The zero-order valence-corrected chi connectivity index (χ0v) is 11.3. The van der Waals surface area contributed by atoms with Crippen LogP contribution in [0.3, 0.4) is 0 Å². The van der Waals surface area contributed by atoms with Crippen molar-refractivity contribution >= 4 is 5.97 Å². The molecule has 1 fully saturated rings. The van der Waals surface area contributed by atoms with Gasteiger partial charge in [0.1, 0.15) is 0 Å². The van der Waals surface area contributed by atoms with Gasteiger partial charge in [0.25, 0.3) is 0 Å². The predicted molar refractivity (Wildman–Crippen MR) is 67.6 cm³/mol. The molecular weight excluding hydrogens is 230 g/mol. The summed E-state index contributed by atoms with van der Waals surface area (Å²) in [5.74, 6) is 0.105. The van der Waals surface area contributed by atoms with Crippen LogP contribution in [0.15, 0.2) is 0 Å². The summed E-state index contributed by atoms with van der Waals surface area (Å²) in [5.41, 5.74) is 1.40. The van der Waals surface area contributed by atoms with Crippen molar-refractivity contribution in [1.29, 1.82) is 0 Å². The standard InChI is InChI=1S/C13H21N3O2/c1-4-6-9(3)16-12(10-7-8-10)11(14-15-16)13(17)18-5-2/h9-10H,4-8H2,1-3H3. The Hall–Kier alpha value is -1.39. The Kier molecular flexibility index (Phi) is 3.99. The van der Waals surface area contributed by atoms with Gasteiger partial charge < -0.3 is 4.74 Å². The molecule has 1 aromatic rings. The number of hydrogen-bond acceptors (Lipinski definition) is 4. The lowest BCUT2D eigenvalue weighted by atomic mass is 10.1. The molecule has 1 atom stereocenters. The second kappa shape index (κ2) is 5.50. The fourth-order valence-electron chi connectivity index (χ4n) is 2.25. The summed E-state index contributed by atoms with van der Waals surface area (Å²) >= 11 is 0. The zero-order chi connectivity index (χ0) is 13.1. The van der Waals surface area contributed by atoms with Crippen LogP contribution < -0.4 is 0 Å². The molecule has 1 aromatic heterocycles. The summed E-state index contributed by atoms with van der Waals surface area (Å²) in [6, 6.07) is 0.293. The van der Waals surface area contributed by atoms with E-state index >= 15 is 0 Å². The molecule has 0 amide bonds. The second-order valence-corrected chi connectivity index (χ2v) is 4.90. The predicted octanol–water partition coefficient (Wildman–Crippen LogP) is 2.69. The van der Waals surface area contributed by atoms with Crippen molar-refractivity contribution < 1.29 is 9.53 Å². The molecule has 0 N–H and O–H groups in total. The molecule has 5 nitrogen and oxygen atoms in total. The number of rotatable bonds is 6. The first-order chi connectivity index (χ1) is 8.69. The highest BCUT2D eigenvalue weighted by Gasteiger charge is 2.35. The number of carbonyl (C=O) groups excluding carboxylic acids is 1. The van der Waals surface area contributed by atoms with E-state index in [-0.39, 0.29) is 5.97 Å². The molecule has 1 aliphatic rings. The maximum atomic E-state index is 11.9. The van der Waals surface area contributed by atoms with E-state index in [0.717, 1.165) is 31.4 Å². The van der Waals surface area contributed by atoms with E-state index in [1.54, 1.807) is 6.92 Å². The topological polar surface area (TPSA) is 57.0 Å². The fourth-order valence-corrected chi connectivity index (χ4v) is 2.25. The minimum absolute atomic E-state index is 0.293. The third-order valence-electron chi connectivity index (χ3n) is 3.29. The molecular formula is C13H21N3O2. The van der Waals surface area contributed by atoms with E-state index in [2.05, 4.69) is 24.2 Å². The van der Waals surface area contributed by atoms with E-state index in [1.807, 2.05) is 4.68 Å². The molecule has 1 saturated carbocycles. The summed E-state index contributed by atoms with van der Waals surface area (Å²) in [7, 11) is 0. The summed E-state index contributed by atoms with van der Waals surface area (Å²) in [6.07, 6.45) is 4.39. The van der Waals surface area contributed by atoms with Crippen LogP contribution in [0.1, 0.15) is 74.6 Å². The third kappa shape index (κ3) is 2.54. The highest BCUT2D eigenvalue weighted by molar-refractivity contribution is 5.88. The second-order valence-electron chi connectivity index (χ2n) is 4.90. The average Bonchev–Trinajstić information content (AvgIpc) is 3.08. The molecule has 0 spiro atoms. The summed E-state index contributed by atoms with van der Waals surface area (Å²) in [6.45, 7) is 6.45. The van der Waals surface area contributed by atoms with Crippen molar-refractivity contribution in [2.45, 2.75) is 58.4 Å². The highest BCUT2D eigenvalue weighted by atomic mass is 16.5. The first-order valence-electron chi connectivity index (χ1n) is 6.81. The molecule has 18 heavy (non-hydrogen) atoms. The van der Waals surface area contributed by atoms with Gasteiger partial charge in [0.15, 0.2) is 5.69 Å². The van der Waals surface area contributed by atoms with Crippen LogP contribution in [0.5, 0.6) is 0 Å². The number of carbonyl (C=O) groups is 1. The van der Waals surface area contributed by atoms with E-state index in [4.69, 9.17) is 4.74 Å². The van der Waals surface area contributed by atoms with Gasteiger partial charge in [0.2, 0.25) is 0 Å². The molecule has 0 aliphatic heterocycles. The SMILES string of the molecule is CCCC(C)n1nnc(C(=O)OCC)c1C1CC1. The highest BCUT2D eigenvalue weighted by Crippen LogP contribution is 2.42. The Morgan fingerprint density at radius 1 is 1.50 bits per heavy atom. The van der Waals surface area contributed by atoms with E-state index in [9.17, 15) is 4.79 Å². The lowest BCUT2D eigenvalue weighted by Crippen LogP contribution is -2.13. The Morgan fingerprint density at radius 3 is 2.78 bits per heavy atom.